The predicted octanol–water partition coefficient (Wildman–Crippen LogP) is 3.28. The van der Waals surface area contributed by atoms with Gasteiger partial charge in [-0.2, -0.15) is 0 Å². The van der Waals surface area contributed by atoms with Crippen LogP contribution in [0.15, 0.2) is 60.8 Å². The van der Waals surface area contributed by atoms with Crippen LogP contribution in [0.2, 0.25) is 0 Å². The molecule has 1 atom stereocenters. The Morgan fingerprint density at radius 3 is 2.81 bits per heavy atom. The Kier molecular flexibility index (Phi) is 3.57. The van der Waals surface area contributed by atoms with E-state index in [2.05, 4.69) is 0 Å². The van der Waals surface area contributed by atoms with Crippen molar-refractivity contribution in [2.24, 2.45) is 0 Å². The van der Waals surface area contributed by atoms with Gasteiger partial charge in [0.05, 0.1) is 18.5 Å². The molecule has 5 rings (SSSR count). The van der Waals surface area contributed by atoms with Crippen LogP contribution >= 0.6 is 0 Å². The van der Waals surface area contributed by atoms with Crippen LogP contribution in [0, 0.1) is 0 Å². The molecule has 1 unspecified atom stereocenters. The Bertz CT molecular complexity index is 1050. The fourth-order valence-electron chi connectivity index (χ4n) is 4.25. The number of ether oxygens (including phenoxy) is 1. The van der Waals surface area contributed by atoms with E-state index >= 15 is 0 Å². The fourth-order valence-corrected chi connectivity index (χ4v) is 4.25. The summed E-state index contributed by atoms with van der Waals surface area (Å²) in [6.07, 6.45) is 2.97. The summed E-state index contributed by atoms with van der Waals surface area (Å²) in [5.74, 6) is 0.796. The minimum atomic E-state index is -0.583. The number of likely N-dealkylation sites (tertiary alicyclic amines) is 1. The van der Waals surface area contributed by atoms with Gasteiger partial charge in [0.15, 0.2) is 5.78 Å². The van der Waals surface area contributed by atoms with Crippen LogP contribution < -0.4 is 4.74 Å². The molecule has 136 valence electrons. The van der Waals surface area contributed by atoms with Crippen molar-refractivity contribution in [1.82, 2.24) is 9.47 Å². The fraction of sp³-hybridized carbons (Fsp3) is 0.273. The summed E-state index contributed by atoms with van der Waals surface area (Å²) in [5, 5.41) is 1.13. The first kappa shape index (κ1) is 16.1. The molecular weight excluding hydrogens is 340 g/mol. The minimum Gasteiger partial charge on any atom is -0.484 e. The first-order valence-corrected chi connectivity index (χ1v) is 9.27. The highest BCUT2D eigenvalue weighted by Gasteiger charge is 2.46. The topological polar surface area (TPSA) is 51.5 Å². The smallest absolute Gasteiger partial charge is 0.242 e. The lowest BCUT2D eigenvalue weighted by molar-refractivity contribution is -0.131. The molecule has 1 spiro atoms. The second kappa shape index (κ2) is 5.98. The Morgan fingerprint density at radius 2 is 1.89 bits per heavy atom. The van der Waals surface area contributed by atoms with Crippen molar-refractivity contribution in [2.45, 2.75) is 25.0 Å². The Hall–Kier alpha value is -3.08. The van der Waals surface area contributed by atoms with Gasteiger partial charge in [0.25, 0.3) is 0 Å². The zero-order valence-electron chi connectivity index (χ0n) is 14.9. The second-order valence-electron chi connectivity index (χ2n) is 7.45. The van der Waals surface area contributed by atoms with Crippen LogP contribution in [-0.4, -0.2) is 39.8 Å². The molecule has 0 aliphatic carbocycles. The van der Waals surface area contributed by atoms with Gasteiger partial charge in [0.1, 0.15) is 17.9 Å². The molecule has 2 aromatic carbocycles. The Balaban J connectivity index is 1.34. The average molecular weight is 360 g/mol. The number of hydrogen-bond acceptors (Lipinski definition) is 3. The lowest BCUT2D eigenvalue weighted by Gasteiger charge is -2.34. The number of amides is 1. The third-order valence-corrected chi connectivity index (χ3v) is 5.65. The quantitative estimate of drug-likeness (QED) is 0.705. The van der Waals surface area contributed by atoms with Crippen LogP contribution in [0.25, 0.3) is 10.9 Å². The molecule has 3 heterocycles. The zero-order valence-corrected chi connectivity index (χ0v) is 14.9. The van der Waals surface area contributed by atoms with E-state index in [0.717, 1.165) is 10.9 Å². The molecule has 3 aromatic rings. The van der Waals surface area contributed by atoms with Crippen LogP contribution in [0.1, 0.15) is 23.2 Å². The molecule has 27 heavy (non-hydrogen) atoms. The number of Topliss-reactive ketones (excluding diaryl/α,β-unsaturated/α-hetero) is 1. The van der Waals surface area contributed by atoms with E-state index in [1.165, 1.54) is 0 Å². The molecule has 2 aliphatic heterocycles. The first-order chi connectivity index (χ1) is 13.1. The molecule has 5 heteroatoms. The summed E-state index contributed by atoms with van der Waals surface area (Å²) >= 11 is 0. The summed E-state index contributed by atoms with van der Waals surface area (Å²) < 4.78 is 8.19. The largest absolute Gasteiger partial charge is 0.484 e. The number of hydrogen-bond donors (Lipinski definition) is 0. The summed E-state index contributed by atoms with van der Waals surface area (Å²) in [6, 6.07) is 17.4. The number of ketones is 1. The highest BCUT2D eigenvalue weighted by Crippen LogP contribution is 2.38. The van der Waals surface area contributed by atoms with Gasteiger partial charge in [0.2, 0.25) is 5.91 Å². The molecular formula is C22H20N2O3. The van der Waals surface area contributed by atoms with E-state index in [0.29, 0.717) is 43.8 Å². The lowest BCUT2D eigenvalue weighted by atomic mass is 9.89. The normalized spacial score (nSPS) is 21.5. The molecule has 0 bridgehead atoms. The number of para-hydroxylation sites is 2. The summed E-state index contributed by atoms with van der Waals surface area (Å²) in [7, 11) is 0. The average Bonchev–Trinajstić information content (AvgIpc) is 3.27. The van der Waals surface area contributed by atoms with E-state index in [1.807, 2.05) is 64.2 Å². The van der Waals surface area contributed by atoms with Crippen LogP contribution in [0.5, 0.6) is 5.75 Å². The molecule has 1 fully saturated rings. The maximum Gasteiger partial charge on any atom is 0.242 e. The highest BCUT2D eigenvalue weighted by molar-refractivity contribution is 6.00. The number of rotatable bonds is 2. The van der Waals surface area contributed by atoms with E-state index in [-0.39, 0.29) is 11.7 Å². The maximum atomic E-state index is 12.9. The monoisotopic (exact) mass is 360 g/mol. The van der Waals surface area contributed by atoms with Gasteiger partial charge in [-0.05, 0) is 29.7 Å². The summed E-state index contributed by atoms with van der Waals surface area (Å²) in [6.45, 7) is 1.38. The summed E-state index contributed by atoms with van der Waals surface area (Å²) in [5.41, 5.74) is 1.12. The van der Waals surface area contributed by atoms with E-state index in [1.54, 1.807) is 6.07 Å². The standard InChI is InChI=1S/C22H20N2O3/c25-19-13-22(27-20-8-4-2-6-17(19)20)10-12-24(15-22)21(26)14-23-11-9-16-5-1-3-7-18(16)23/h1-9,11H,10,12-15H2. The van der Waals surface area contributed by atoms with Gasteiger partial charge in [-0.3, -0.25) is 9.59 Å². The lowest BCUT2D eigenvalue weighted by Crippen LogP contribution is -2.45. The third-order valence-electron chi connectivity index (χ3n) is 5.65. The van der Waals surface area contributed by atoms with Crippen molar-refractivity contribution >= 4 is 22.6 Å². The van der Waals surface area contributed by atoms with Crippen molar-refractivity contribution in [2.75, 3.05) is 13.1 Å². The van der Waals surface area contributed by atoms with Crippen molar-refractivity contribution in [3.05, 3.63) is 66.4 Å². The number of fused-ring (bicyclic) bond motifs is 2. The van der Waals surface area contributed by atoms with Gasteiger partial charge in [-0.1, -0.05) is 30.3 Å². The molecule has 5 nitrogen and oxygen atoms in total. The molecule has 2 aliphatic rings. The van der Waals surface area contributed by atoms with Crippen LogP contribution in [0.4, 0.5) is 0 Å². The summed E-state index contributed by atoms with van der Waals surface area (Å²) in [4.78, 5) is 27.2. The number of nitrogens with zero attached hydrogens (tertiary/aromatic N) is 2. The van der Waals surface area contributed by atoms with E-state index < -0.39 is 5.60 Å². The number of aromatic nitrogens is 1. The van der Waals surface area contributed by atoms with Gasteiger partial charge in [0, 0.05) is 24.7 Å². The van der Waals surface area contributed by atoms with Crippen molar-refractivity contribution in [1.29, 1.82) is 0 Å². The molecule has 0 saturated carbocycles. The molecule has 1 saturated heterocycles. The van der Waals surface area contributed by atoms with Crippen LogP contribution in [0.3, 0.4) is 0 Å². The van der Waals surface area contributed by atoms with Gasteiger partial charge < -0.3 is 14.2 Å². The number of benzene rings is 2. The Labute approximate surface area is 157 Å². The molecule has 1 amide bonds. The molecule has 1 aromatic heterocycles. The van der Waals surface area contributed by atoms with Crippen molar-refractivity contribution in [3.63, 3.8) is 0 Å². The minimum absolute atomic E-state index is 0.0585. The number of carbonyl (C=O) groups is 2. The Morgan fingerprint density at radius 1 is 1.07 bits per heavy atom. The van der Waals surface area contributed by atoms with Gasteiger partial charge in [-0.15, -0.1) is 0 Å². The maximum absolute atomic E-state index is 12.9. The molecule has 0 N–H and O–H groups in total. The van der Waals surface area contributed by atoms with Crippen molar-refractivity contribution < 1.29 is 14.3 Å². The second-order valence-corrected chi connectivity index (χ2v) is 7.45. The highest BCUT2D eigenvalue weighted by atomic mass is 16.5. The van der Waals surface area contributed by atoms with Gasteiger partial charge >= 0.3 is 0 Å². The van der Waals surface area contributed by atoms with Crippen LogP contribution in [-0.2, 0) is 11.3 Å². The number of carbonyl (C=O) groups excluding carboxylic acids is 2. The first-order valence-electron chi connectivity index (χ1n) is 9.27. The molecule has 0 radical (unpaired) electrons. The predicted molar refractivity (Wildman–Crippen MR) is 102 cm³/mol. The van der Waals surface area contributed by atoms with E-state index in [4.69, 9.17) is 4.74 Å². The third kappa shape index (κ3) is 2.70. The van der Waals surface area contributed by atoms with Crippen molar-refractivity contribution in [3.8, 4) is 5.75 Å². The SMILES string of the molecule is O=C1CC2(CCN(C(=O)Cn3ccc4ccccc43)C2)Oc2ccccc21. The van der Waals surface area contributed by atoms with Gasteiger partial charge in [-0.25, -0.2) is 0 Å². The van der Waals surface area contributed by atoms with E-state index in [9.17, 15) is 9.59 Å². The zero-order chi connectivity index (χ0) is 18.4.